The lowest BCUT2D eigenvalue weighted by Crippen LogP contribution is -2.17. The molecular formula is C16H12N4O3. The van der Waals surface area contributed by atoms with Crippen LogP contribution in [-0.4, -0.2) is 33.2 Å². The normalized spacial score (nSPS) is 11.0. The summed E-state index contributed by atoms with van der Waals surface area (Å²) in [5.41, 5.74) is 4.24. The number of nitrogens with one attached hydrogen (secondary N) is 2. The molecule has 0 aliphatic heterocycles. The lowest BCUT2D eigenvalue weighted by Gasteiger charge is -1.99. The Bertz CT molecular complexity index is 900. The lowest BCUT2D eigenvalue weighted by atomic mass is 10.1. The molecule has 0 spiro atoms. The minimum atomic E-state index is -1.01. The standard InChI is InChI=1S/C16H12N4O3/c21-15(10-4-6-17-7-5-10)20-19-9-11-8-18-14-12(11)2-1-3-13(14)16(22)23/h1-9,18H,(H,20,21)(H,22,23). The van der Waals surface area contributed by atoms with E-state index in [-0.39, 0.29) is 11.5 Å². The maximum atomic E-state index is 11.8. The van der Waals surface area contributed by atoms with Crippen LogP contribution in [0.5, 0.6) is 0 Å². The molecule has 0 bridgehead atoms. The summed E-state index contributed by atoms with van der Waals surface area (Å²) in [6.45, 7) is 0. The van der Waals surface area contributed by atoms with Gasteiger partial charge >= 0.3 is 5.97 Å². The molecule has 0 aliphatic carbocycles. The quantitative estimate of drug-likeness (QED) is 0.506. The Morgan fingerprint density at radius 1 is 1.22 bits per heavy atom. The summed E-state index contributed by atoms with van der Waals surface area (Å²) in [6.07, 6.45) is 6.14. The molecule has 7 heteroatoms. The maximum Gasteiger partial charge on any atom is 0.337 e. The number of aromatic amines is 1. The number of benzene rings is 1. The molecule has 7 nitrogen and oxygen atoms in total. The Morgan fingerprint density at radius 2 is 2.00 bits per heavy atom. The van der Waals surface area contributed by atoms with Gasteiger partial charge in [-0.2, -0.15) is 5.10 Å². The fourth-order valence-corrected chi connectivity index (χ4v) is 2.19. The summed E-state index contributed by atoms with van der Waals surface area (Å²) < 4.78 is 0. The number of pyridine rings is 1. The summed E-state index contributed by atoms with van der Waals surface area (Å²) in [6, 6.07) is 8.12. The van der Waals surface area contributed by atoms with Crippen molar-refractivity contribution in [3.63, 3.8) is 0 Å². The van der Waals surface area contributed by atoms with Gasteiger partial charge in [-0.1, -0.05) is 12.1 Å². The first-order valence-electron chi connectivity index (χ1n) is 6.73. The summed E-state index contributed by atoms with van der Waals surface area (Å²) in [7, 11) is 0. The van der Waals surface area contributed by atoms with Crippen LogP contribution < -0.4 is 5.43 Å². The Kier molecular flexibility index (Phi) is 3.84. The van der Waals surface area contributed by atoms with Gasteiger partial charge < -0.3 is 10.1 Å². The number of hydrazone groups is 1. The van der Waals surface area contributed by atoms with Gasteiger partial charge in [0, 0.05) is 35.1 Å². The summed E-state index contributed by atoms with van der Waals surface area (Å²) >= 11 is 0. The fourth-order valence-electron chi connectivity index (χ4n) is 2.19. The Morgan fingerprint density at radius 3 is 2.74 bits per heavy atom. The third-order valence-corrected chi connectivity index (χ3v) is 3.29. The molecule has 3 aromatic rings. The number of para-hydroxylation sites is 1. The SMILES string of the molecule is O=C(NN=Cc1c[nH]c2c(C(=O)O)cccc12)c1ccncc1. The maximum absolute atomic E-state index is 11.8. The van der Waals surface area contributed by atoms with Gasteiger partial charge in [-0.25, -0.2) is 10.2 Å². The molecule has 114 valence electrons. The van der Waals surface area contributed by atoms with E-state index < -0.39 is 5.97 Å². The van der Waals surface area contributed by atoms with E-state index in [9.17, 15) is 9.59 Å². The fraction of sp³-hybridized carbons (Fsp3) is 0. The second kappa shape index (κ2) is 6.10. The second-order valence-corrected chi connectivity index (χ2v) is 4.71. The number of rotatable bonds is 4. The molecule has 0 atom stereocenters. The topological polar surface area (TPSA) is 107 Å². The summed E-state index contributed by atoms with van der Waals surface area (Å²) in [4.78, 5) is 29.8. The molecule has 2 heterocycles. The molecule has 3 N–H and O–H groups in total. The van der Waals surface area contributed by atoms with Crippen molar-refractivity contribution in [1.29, 1.82) is 0 Å². The van der Waals surface area contributed by atoms with Crippen LogP contribution in [0.15, 0.2) is 54.0 Å². The predicted octanol–water partition coefficient (Wildman–Crippen LogP) is 2.03. The van der Waals surface area contributed by atoms with Crippen LogP contribution in [0.3, 0.4) is 0 Å². The van der Waals surface area contributed by atoms with Crippen molar-refractivity contribution in [2.24, 2.45) is 5.10 Å². The highest BCUT2D eigenvalue weighted by atomic mass is 16.4. The largest absolute Gasteiger partial charge is 0.478 e. The summed E-state index contributed by atoms with van der Waals surface area (Å²) in [5.74, 6) is -1.36. The second-order valence-electron chi connectivity index (χ2n) is 4.71. The highest BCUT2D eigenvalue weighted by Gasteiger charge is 2.11. The van der Waals surface area contributed by atoms with Gasteiger partial charge in [0.1, 0.15) is 0 Å². The number of amides is 1. The third-order valence-electron chi connectivity index (χ3n) is 3.29. The van der Waals surface area contributed by atoms with E-state index >= 15 is 0 Å². The van der Waals surface area contributed by atoms with Crippen LogP contribution in [-0.2, 0) is 0 Å². The number of carboxylic acids is 1. The van der Waals surface area contributed by atoms with Crippen LogP contribution >= 0.6 is 0 Å². The zero-order chi connectivity index (χ0) is 16.2. The van der Waals surface area contributed by atoms with Gasteiger partial charge in [0.25, 0.3) is 5.91 Å². The van der Waals surface area contributed by atoms with Gasteiger partial charge in [0.05, 0.1) is 17.3 Å². The first-order valence-corrected chi connectivity index (χ1v) is 6.73. The molecule has 2 aromatic heterocycles. The van der Waals surface area contributed by atoms with Crippen LogP contribution in [0, 0.1) is 0 Å². The van der Waals surface area contributed by atoms with Gasteiger partial charge in [-0.05, 0) is 18.2 Å². The van der Waals surface area contributed by atoms with E-state index in [1.54, 1.807) is 30.5 Å². The van der Waals surface area contributed by atoms with E-state index in [1.807, 2.05) is 0 Å². The Balaban J connectivity index is 1.81. The Labute approximate surface area is 130 Å². The zero-order valence-corrected chi connectivity index (χ0v) is 11.9. The van der Waals surface area contributed by atoms with E-state index in [1.165, 1.54) is 24.7 Å². The molecule has 0 fully saturated rings. The molecule has 23 heavy (non-hydrogen) atoms. The van der Waals surface area contributed by atoms with Crippen molar-refractivity contribution in [3.8, 4) is 0 Å². The monoisotopic (exact) mass is 308 g/mol. The number of hydrogen-bond acceptors (Lipinski definition) is 4. The number of aromatic carboxylic acids is 1. The van der Waals surface area contributed by atoms with Gasteiger partial charge in [0.15, 0.2) is 0 Å². The third kappa shape index (κ3) is 2.93. The number of carbonyl (C=O) groups excluding carboxylic acids is 1. The number of carbonyl (C=O) groups is 2. The average Bonchev–Trinajstić information content (AvgIpc) is 2.98. The highest BCUT2D eigenvalue weighted by Crippen LogP contribution is 2.20. The first-order chi connectivity index (χ1) is 11.2. The van der Waals surface area contributed by atoms with Crippen molar-refractivity contribution in [2.45, 2.75) is 0 Å². The lowest BCUT2D eigenvalue weighted by molar-refractivity contribution is 0.0698. The van der Waals surface area contributed by atoms with Crippen molar-refractivity contribution >= 4 is 29.0 Å². The molecule has 0 radical (unpaired) electrons. The van der Waals surface area contributed by atoms with Gasteiger partial charge in [-0.3, -0.25) is 9.78 Å². The van der Waals surface area contributed by atoms with Crippen molar-refractivity contribution in [2.75, 3.05) is 0 Å². The van der Waals surface area contributed by atoms with Crippen LogP contribution in [0.4, 0.5) is 0 Å². The molecule has 0 aliphatic rings. The molecule has 0 unspecified atom stereocenters. The van der Waals surface area contributed by atoms with Crippen LogP contribution in [0.2, 0.25) is 0 Å². The van der Waals surface area contributed by atoms with Crippen molar-refractivity contribution in [1.82, 2.24) is 15.4 Å². The highest BCUT2D eigenvalue weighted by molar-refractivity contribution is 6.07. The predicted molar refractivity (Wildman–Crippen MR) is 84.6 cm³/mol. The number of fused-ring (bicyclic) bond motifs is 1. The van der Waals surface area contributed by atoms with E-state index in [2.05, 4.69) is 20.5 Å². The number of nitrogens with zero attached hydrogens (tertiary/aromatic N) is 2. The van der Waals surface area contributed by atoms with E-state index in [0.717, 1.165) is 0 Å². The summed E-state index contributed by atoms with van der Waals surface area (Å²) in [5, 5.41) is 13.8. The van der Waals surface area contributed by atoms with Crippen molar-refractivity contribution < 1.29 is 14.7 Å². The van der Waals surface area contributed by atoms with E-state index in [4.69, 9.17) is 5.11 Å². The van der Waals surface area contributed by atoms with Crippen LogP contribution in [0.1, 0.15) is 26.3 Å². The number of hydrogen-bond donors (Lipinski definition) is 3. The molecule has 1 aromatic carbocycles. The molecule has 3 rings (SSSR count). The minimum absolute atomic E-state index is 0.183. The molecule has 0 saturated carbocycles. The van der Waals surface area contributed by atoms with Crippen LogP contribution in [0.25, 0.3) is 10.9 Å². The average molecular weight is 308 g/mol. The molecule has 1 amide bonds. The van der Waals surface area contributed by atoms with Crippen molar-refractivity contribution in [3.05, 3.63) is 65.6 Å². The number of carboxylic acid groups (broad SMARTS) is 1. The van der Waals surface area contributed by atoms with Gasteiger partial charge in [-0.15, -0.1) is 0 Å². The molecular weight excluding hydrogens is 296 g/mol. The first kappa shape index (κ1) is 14.5. The van der Waals surface area contributed by atoms with Gasteiger partial charge in [0.2, 0.25) is 0 Å². The number of aromatic nitrogens is 2. The Hall–Kier alpha value is -3.48. The smallest absolute Gasteiger partial charge is 0.337 e. The van der Waals surface area contributed by atoms with E-state index in [0.29, 0.717) is 22.0 Å². The number of H-pyrrole nitrogens is 1. The zero-order valence-electron chi connectivity index (χ0n) is 11.9. The molecule has 0 saturated heterocycles. The minimum Gasteiger partial charge on any atom is -0.478 e.